The van der Waals surface area contributed by atoms with Crippen molar-refractivity contribution >= 4 is 11.6 Å². The lowest BCUT2D eigenvalue weighted by molar-refractivity contribution is 0.732. The van der Waals surface area contributed by atoms with Gasteiger partial charge in [0.2, 0.25) is 0 Å². The van der Waals surface area contributed by atoms with E-state index in [2.05, 4.69) is 16.5 Å². The first-order chi connectivity index (χ1) is 8.60. The molecule has 2 rings (SSSR count). The number of halogens is 1. The van der Waals surface area contributed by atoms with E-state index < -0.39 is 0 Å². The van der Waals surface area contributed by atoms with Crippen molar-refractivity contribution in [2.24, 2.45) is 5.73 Å². The number of imidazole rings is 1. The third kappa shape index (κ3) is 2.92. The zero-order chi connectivity index (χ0) is 13.1. The summed E-state index contributed by atoms with van der Waals surface area (Å²) in [7, 11) is 0. The highest BCUT2D eigenvalue weighted by atomic mass is 35.5. The van der Waals surface area contributed by atoms with Crippen molar-refractivity contribution in [2.45, 2.75) is 32.9 Å². The summed E-state index contributed by atoms with van der Waals surface area (Å²) in [5.74, 6) is 1.07. The van der Waals surface area contributed by atoms with Gasteiger partial charge in [0.05, 0.1) is 5.69 Å². The number of nitrogens with two attached hydrogens (primary N) is 1. The van der Waals surface area contributed by atoms with E-state index in [-0.39, 0.29) is 6.04 Å². The number of hydrogen-bond donors (Lipinski definition) is 1. The minimum Gasteiger partial charge on any atom is -0.330 e. The summed E-state index contributed by atoms with van der Waals surface area (Å²) in [6.45, 7) is 4.86. The van der Waals surface area contributed by atoms with Crippen LogP contribution in [-0.4, -0.2) is 9.55 Å². The molecule has 3 nitrogen and oxygen atoms in total. The maximum Gasteiger partial charge on any atom is 0.109 e. The molecule has 2 N–H and O–H groups in total. The van der Waals surface area contributed by atoms with Crippen LogP contribution in [0.2, 0.25) is 5.02 Å². The molecule has 0 aliphatic carbocycles. The van der Waals surface area contributed by atoms with Gasteiger partial charge in [0.15, 0.2) is 0 Å². The van der Waals surface area contributed by atoms with Crippen molar-refractivity contribution in [3.05, 3.63) is 52.6 Å². The highest BCUT2D eigenvalue weighted by Gasteiger charge is 2.09. The van der Waals surface area contributed by atoms with Gasteiger partial charge in [0, 0.05) is 30.2 Å². The number of benzene rings is 1. The van der Waals surface area contributed by atoms with Gasteiger partial charge in [-0.2, -0.15) is 0 Å². The molecule has 0 radical (unpaired) electrons. The molecule has 1 aromatic carbocycles. The monoisotopic (exact) mass is 263 g/mol. The van der Waals surface area contributed by atoms with E-state index >= 15 is 0 Å². The van der Waals surface area contributed by atoms with Gasteiger partial charge in [0.1, 0.15) is 5.82 Å². The molecular weight excluding hydrogens is 246 g/mol. The van der Waals surface area contributed by atoms with Gasteiger partial charge in [-0.15, -0.1) is 0 Å². The Morgan fingerprint density at radius 3 is 2.56 bits per heavy atom. The SMILES string of the molecule is CCc1nc([C@@H](C)N)cn1Cc1ccc(Cl)cc1. The van der Waals surface area contributed by atoms with Gasteiger partial charge in [-0.1, -0.05) is 30.7 Å². The summed E-state index contributed by atoms with van der Waals surface area (Å²) in [5, 5.41) is 0.761. The Morgan fingerprint density at radius 2 is 2.00 bits per heavy atom. The predicted octanol–water partition coefficient (Wildman–Crippen LogP) is 3.17. The van der Waals surface area contributed by atoms with Gasteiger partial charge >= 0.3 is 0 Å². The van der Waals surface area contributed by atoms with E-state index in [0.29, 0.717) is 0 Å². The molecule has 1 aromatic heterocycles. The largest absolute Gasteiger partial charge is 0.330 e. The number of hydrogen-bond acceptors (Lipinski definition) is 2. The molecular formula is C14H18ClN3. The first kappa shape index (κ1) is 13.1. The Balaban J connectivity index is 2.25. The molecule has 0 aliphatic heterocycles. The Labute approximate surface area is 113 Å². The smallest absolute Gasteiger partial charge is 0.109 e. The molecule has 18 heavy (non-hydrogen) atoms. The summed E-state index contributed by atoms with van der Waals surface area (Å²) < 4.78 is 2.15. The molecule has 0 bridgehead atoms. The number of aryl methyl sites for hydroxylation is 1. The molecule has 2 aromatic rings. The zero-order valence-corrected chi connectivity index (χ0v) is 11.5. The normalized spacial score (nSPS) is 12.7. The average Bonchev–Trinajstić information content (AvgIpc) is 2.75. The Kier molecular flexibility index (Phi) is 4.04. The van der Waals surface area contributed by atoms with Crippen LogP contribution in [-0.2, 0) is 13.0 Å². The van der Waals surface area contributed by atoms with Crippen molar-refractivity contribution in [3.8, 4) is 0 Å². The third-order valence-electron chi connectivity index (χ3n) is 2.93. The lowest BCUT2D eigenvalue weighted by atomic mass is 10.2. The van der Waals surface area contributed by atoms with Crippen LogP contribution in [0.3, 0.4) is 0 Å². The standard InChI is InChI=1S/C14H18ClN3/c1-3-14-17-13(10(2)16)9-18(14)8-11-4-6-12(15)7-5-11/h4-7,9-10H,3,8,16H2,1-2H3/t10-/m1/s1. The molecule has 0 saturated heterocycles. The molecule has 0 saturated carbocycles. The molecule has 0 aliphatic rings. The first-order valence-corrected chi connectivity index (χ1v) is 6.54. The lowest BCUT2D eigenvalue weighted by Gasteiger charge is -2.06. The van der Waals surface area contributed by atoms with Crippen molar-refractivity contribution in [1.29, 1.82) is 0 Å². The average molecular weight is 264 g/mol. The Hall–Kier alpha value is -1.32. The summed E-state index contributed by atoms with van der Waals surface area (Å²) in [4.78, 5) is 4.55. The fourth-order valence-corrected chi connectivity index (χ4v) is 2.03. The minimum atomic E-state index is -0.0261. The van der Waals surface area contributed by atoms with Crippen LogP contribution in [0.15, 0.2) is 30.5 Å². The molecule has 4 heteroatoms. The van der Waals surface area contributed by atoms with E-state index in [4.69, 9.17) is 17.3 Å². The fourth-order valence-electron chi connectivity index (χ4n) is 1.90. The molecule has 0 amide bonds. The van der Waals surface area contributed by atoms with Gasteiger partial charge in [0.25, 0.3) is 0 Å². The highest BCUT2D eigenvalue weighted by molar-refractivity contribution is 6.30. The molecule has 0 unspecified atom stereocenters. The molecule has 0 spiro atoms. The Morgan fingerprint density at radius 1 is 1.33 bits per heavy atom. The van der Waals surface area contributed by atoms with Crippen LogP contribution in [0.1, 0.15) is 37.0 Å². The van der Waals surface area contributed by atoms with Crippen LogP contribution in [0.5, 0.6) is 0 Å². The van der Waals surface area contributed by atoms with Crippen molar-refractivity contribution in [3.63, 3.8) is 0 Å². The van der Waals surface area contributed by atoms with E-state index in [1.54, 1.807) is 0 Å². The van der Waals surface area contributed by atoms with Crippen LogP contribution in [0, 0.1) is 0 Å². The molecule has 1 heterocycles. The lowest BCUT2D eigenvalue weighted by Crippen LogP contribution is -2.05. The van der Waals surface area contributed by atoms with Gasteiger partial charge < -0.3 is 10.3 Å². The summed E-state index contributed by atoms with van der Waals surface area (Å²) >= 11 is 5.88. The van der Waals surface area contributed by atoms with E-state index in [1.807, 2.05) is 37.4 Å². The summed E-state index contributed by atoms with van der Waals surface area (Å²) in [6, 6.07) is 7.86. The molecule has 1 atom stereocenters. The van der Waals surface area contributed by atoms with Crippen LogP contribution in [0.4, 0.5) is 0 Å². The maximum absolute atomic E-state index is 5.88. The van der Waals surface area contributed by atoms with Crippen molar-refractivity contribution < 1.29 is 0 Å². The van der Waals surface area contributed by atoms with E-state index in [0.717, 1.165) is 29.5 Å². The van der Waals surface area contributed by atoms with E-state index in [9.17, 15) is 0 Å². The van der Waals surface area contributed by atoms with Gasteiger partial charge in [-0.25, -0.2) is 4.98 Å². The summed E-state index contributed by atoms with van der Waals surface area (Å²) in [6.07, 6.45) is 2.94. The second-order valence-electron chi connectivity index (χ2n) is 4.48. The number of nitrogens with zero attached hydrogens (tertiary/aromatic N) is 2. The fraction of sp³-hybridized carbons (Fsp3) is 0.357. The van der Waals surface area contributed by atoms with Crippen LogP contribution >= 0.6 is 11.6 Å². The minimum absolute atomic E-state index is 0.0261. The van der Waals surface area contributed by atoms with Gasteiger partial charge in [-0.3, -0.25) is 0 Å². The second-order valence-corrected chi connectivity index (χ2v) is 4.92. The molecule has 96 valence electrons. The topological polar surface area (TPSA) is 43.8 Å². The Bertz CT molecular complexity index is 514. The van der Waals surface area contributed by atoms with Crippen molar-refractivity contribution in [2.75, 3.05) is 0 Å². The van der Waals surface area contributed by atoms with E-state index in [1.165, 1.54) is 5.56 Å². The van der Waals surface area contributed by atoms with Crippen LogP contribution < -0.4 is 5.73 Å². The highest BCUT2D eigenvalue weighted by Crippen LogP contribution is 2.15. The van der Waals surface area contributed by atoms with Crippen molar-refractivity contribution in [1.82, 2.24) is 9.55 Å². The zero-order valence-electron chi connectivity index (χ0n) is 10.7. The molecule has 0 fully saturated rings. The quantitative estimate of drug-likeness (QED) is 0.921. The second kappa shape index (κ2) is 5.55. The van der Waals surface area contributed by atoms with Crippen LogP contribution in [0.25, 0.3) is 0 Å². The summed E-state index contributed by atoms with van der Waals surface area (Å²) in [5.41, 5.74) is 8.03. The maximum atomic E-state index is 5.88. The third-order valence-corrected chi connectivity index (χ3v) is 3.18. The number of rotatable bonds is 4. The predicted molar refractivity (Wildman–Crippen MR) is 74.8 cm³/mol. The number of aromatic nitrogens is 2. The van der Waals surface area contributed by atoms with Gasteiger partial charge in [-0.05, 0) is 24.6 Å². The first-order valence-electron chi connectivity index (χ1n) is 6.16.